The molecule has 1 nitrogen and oxygen atoms in total. The predicted octanol–water partition coefficient (Wildman–Crippen LogP) is 6.76. The summed E-state index contributed by atoms with van der Waals surface area (Å²) in [6, 6.07) is 3.71. The molecule has 0 aliphatic heterocycles. The fourth-order valence-electron chi connectivity index (χ4n) is 3.16. The molecule has 0 heterocycles. The van der Waals surface area contributed by atoms with Gasteiger partial charge in [0, 0.05) is 0 Å². The van der Waals surface area contributed by atoms with Crippen molar-refractivity contribution < 1.29 is 4.43 Å². The van der Waals surface area contributed by atoms with Crippen LogP contribution in [0.3, 0.4) is 0 Å². The summed E-state index contributed by atoms with van der Waals surface area (Å²) >= 11 is -1.84. The minimum atomic E-state index is -1.84. The third-order valence-corrected chi connectivity index (χ3v) is 13.3. The van der Waals surface area contributed by atoms with E-state index in [2.05, 4.69) is 65.7 Å². The summed E-state index contributed by atoms with van der Waals surface area (Å²) < 4.78 is 9.24. The number of rotatable bonds is 7. The fourth-order valence-corrected chi connectivity index (χ4v) is 8.06. The van der Waals surface area contributed by atoms with Crippen molar-refractivity contribution in [3.63, 3.8) is 0 Å². The van der Waals surface area contributed by atoms with Crippen molar-refractivity contribution in [2.45, 2.75) is 80.4 Å². The van der Waals surface area contributed by atoms with Gasteiger partial charge < -0.3 is 0 Å². The Morgan fingerprint density at radius 1 is 1.18 bits per heavy atom. The second-order valence-electron chi connectivity index (χ2n) is 8.72. The summed E-state index contributed by atoms with van der Waals surface area (Å²) in [5, 5.41) is 0. The molecule has 0 saturated heterocycles. The van der Waals surface area contributed by atoms with Crippen LogP contribution < -0.4 is 0 Å². The van der Waals surface area contributed by atoms with Crippen LogP contribution in [-0.2, 0) is 4.43 Å². The summed E-state index contributed by atoms with van der Waals surface area (Å²) in [6.45, 7) is 11.8. The van der Waals surface area contributed by atoms with E-state index in [1.807, 2.05) is 0 Å². The van der Waals surface area contributed by atoms with E-state index in [-0.39, 0.29) is 0 Å². The molecule has 1 aliphatic rings. The molecule has 0 fully saturated rings. The molecule has 0 bridgehead atoms. The first-order valence-corrected chi connectivity index (χ1v) is 21.9. The van der Waals surface area contributed by atoms with Crippen molar-refractivity contribution >= 4 is 26.7 Å². The molecule has 0 aromatic heterocycles. The molecular formula is C19H38OSiSn. The Kier molecular flexibility index (Phi) is 7.32. The molecule has 0 spiro atoms. The zero-order valence-electron chi connectivity index (χ0n) is 16.3. The van der Waals surface area contributed by atoms with Gasteiger partial charge in [0.1, 0.15) is 0 Å². The van der Waals surface area contributed by atoms with Gasteiger partial charge in [0.2, 0.25) is 0 Å². The summed E-state index contributed by atoms with van der Waals surface area (Å²) in [5.74, 6) is 1.85. The zero-order chi connectivity index (χ0) is 17.0. The molecule has 1 unspecified atom stereocenters. The SMILES string of the molecule is CC[Si](CC)(CC)OC1=CC(/C=[CH]\[Sn]([CH3])([CH3])[CH3])C(C)(C)CC1. The van der Waals surface area contributed by atoms with Crippen LogP contribution in [-0.4, -0.2) is 26.7 Å². The van der Waals surface area contributed by atoms with Crippen LogP contribution in [0.5, 0.6) is 0 Å². The van der Waals surface area contributed by atoms with Crippen LogP contribution in [0.15, 0.2) is 22.0 Å². The van der Waals surface area contributed by atoms with E-state index in [1.54, 1.807) is 0 Å². The van der Waals surface area contributed by atoms with Gasteiger partial charge in [0.15, 0.2) is 0 Å². The molecule has 22 heavy (non-hydrogen) atoms. The number of hydrogen-bond acceptors (Lipinski definition) is 1. The molecule has 128 valence electrons. The van der Waals surface area contributed by atoms with Gasteiger partial charge in [-0.15, -0.1) is 0 Å². The van der Waals surface area contributed by atoms with Gasteiger partial charge in [-0.1, -0.05) is 0 Å². The quantitative estimate of drug-likeness (QED) is 0.406. The average Bonchev–Trinajstić information content (AvgIpc) is 2.44. The van der Waals surface area contributed by atoms with Gasteiger partial charge in [-0.2, -0.15) is 0 Å². The van der Waals surface area contributed by atoms with Gasteiger partial charge in [-0.05, 0) is 0 Å². The molecule has 0 amide bonds. The first kappa shape index (κ1) is 20.3. The average molecular weight is 429 g/mol. The molecule has 0 aromatic carbocycles. The van der Waals surface area contributed by atoms with Crippen molar-refractivity contribution in [1.82, 2.24) is 0 Å². The predicted molar refractivity (Wildman–Crippen MR) is 105 cm³/mol. The Hall–Kier alpha value is 0.296. The fraction of sp³-hybridized carbons (Fsp3) is 0.789. The summed E-state index contributed by atoms with van der Waals surface area (Å²) in [6.07, 6.45) is 7.34. The second kappa shape index (κ2) is 7.91. The summed E-state index contributed by atoms with van der Waals surface area (Å²) in [4.78, 5) is 7.43. The van der Waals surface area contributed by atoms with Crippen molar-refractivity contribution in [2.24, 2.45) is 11.3 Å². The Labute approximate surface area is 144 Å². The van der Waals surface area contributed by atoms with Gasteiger partial charge in [0.25, 0.3) is 0 Å². The molecule has 0 aromatic rings. The monoisotopic (exact) mass is 430 g/mol. The number of allylic oxidation sites excluding steroid dienone is 3. The van der Waals surface area contributed by atoms with Gasteiger partial charge in [-0.25, -0.2) is 0 Å². The molecular weight excluding hydrogens is 391 g/mol. The standard InChI is InChI=1S/C16H29OSi.3CH3.Sn/c1-7-14-13-15(11-12-16(14,5)6)17-18(8-2,9-3)10-4;;;;/h1,7,13-14H,8-12H2,2-6H3;3*1H3;. The zero-order valence-corrected chi connectivity index (χ0v) is 20.1. The Balaban J connectivity index is 2.98. The van der Waals surface area contributed by atoms with Crippen LogP contribution in [0, 0.1) is 11.3 Å². The van der Waals surface area contributed by atoms with Crippen LogP contribution in [0.25, 0.3) is 0 Å². The van der Waals surface area contributed by atoms with E-state index >= 15 is 0 Å². The summed E-state index contributed by atoms with van der Waals surface area (Å²) in [7, 11) is -1.52. The van der Waals surface area contributed by atoms with E-state index in [0.717, 1.165) is 6.42 Å². The van der Waals surface area contributed by atoms with Gasteiger partial charge in [-0.3, -0.25) is 0 Å². The van der Waals surface area contributed by atoms with Crippen LogP contribution in [0.4, 0.5) is 0 Å². The maximum absolute atomic E-state index is 6.67. The maximum atomic E-state index is 6.67. The van der Waals surface area contributed by atoms with E-state index in [9.17, 15) is 0 Å². The van der Waals surface area contributed by atoms with Crippen molar-refractivity contribution in [2.75, 3.05) is 0 Å². The van der Waals surface area contributed by atoms with E-state index in [1.165, 1.54) is 30.3 Å². The van der Waals surface area contributed by atoms with Crippen molar-refractivity contribution in [3.05, 3.63) is 22.0 Å². The molecule has 1 rings (SSSR count). The second-order valence-corrected chi connectivity index (χ2v) is 27.9. The topological polar surface area (TPSA) is 9.23 Å². The van der Waals surface area contributed by atoms with Crippen molar-refractivity contribution in [1.29, 1.82) is 0 Å². The Morgan fingerprint density at radius 3 is 2.18 bits per heavy atom. The molecule has 1 atom stereocenters. The van der Waals surface area contributed by atoms with E-state index in [4.69, 9.17) is 4.43 Å². The first-order chi connectivity index (χ1) is 10.1. The molecule has 0 saturated carbocycles. The van der Waals surface area contributed by atoms with E-state index in [0.29, 0.717) is 11.3 Å². The van der Waals surface area contributed by atoms with Crippen molar-refractivity contribution in [3.8, 4) is 0 Å². The van der Waals surface area contributed by atoms with Crippen LogP contribution in [0.1, 0.15) is 47.5 Å². The van der Waals surface area contributed by atoms with Gasteiger partial charge in [0.05, 0.1) is 0 Å². The molecule has 1 aliphatic carbocycles. The normalized spacial score (nSPS) is 22.7. The Bertz CT molecular complexity index is 405. The first-order valence-electron chi connectivity index (χ1n) is 9.16. The molecule has 3 heteroatoms. The van der Waals surface area contributed by atoms with Crippen LogP contribution in [0.2, 0.25) is 33.0 Å². The summed E-state index contributed by atoms with van der Waals surface area (Å²) in [5.41, 5.74) is 0.370. The van der Waals surface area contributed by atoms with Crippen LogP contribution >= 0.6 is 0 Å². The Morgan fingerprint density at radius 2 is 1.73 bits per heavy atom. The third-order valence-electron chi connectivity index (χ3n) is 5.37. The molecule has 0 N–H and O–H groups in total. The van der Waals surface area contributed by atoms with Gasteiger partial charge >= 0.3 is 145 Å². The molecule has 0 radical (unpaired) electrons. The number of hydrogen-bond donors (Lipinski definition) is 0. The van der Waals surface area contributed by atoms with E-state index < -0.39 is 26.7 Å². The third kappa shape index (κ3) is 5.74. The minimum absolute atomic E-state index is 0.370.